The Balaban J connectivity index is 2.04. The van der Waals surface area contributed by atoms with E-state index in [0.717, 1.165) is 0 Å². The number of aliphatic hydroxyl groups excluding tert-OH is 1. The molecule has 6 nitrogen and oxygen atoms in total. The first-order chi connectivity index (χ1) is 6.24. The maximum absolute atomic E-state index is 9.13. The van der Waals surface area contributed by atoms with Crippen LogP contribution in [0.5, 0.6) is 0 Å². The Labute approximate surface area is 75.3 Å². The molecule has 1 aliphatic rings. The third kappa shape index (κ3) is 1.50. The summed E-state index contributed by atoms with van der Waals surface area (Å²) < 4.78 is 6.69. The summed E-state index contributed by atoms with van der Waals surface area (Å²) in [7, 11) is 0. The van der Waals surface area contributed by atoms with Gasteiger partial charge in [0.15, 0.2) is 0 Å². The van der Waals surface area contributed by atoms with E-state index in [9.17, 15) is 0 Å². The predicted octanol–water partition coefficient (Wildman–Crippen LogP) is -1.13. The Bertz CT molecular complexity index is 289. The minimum absolute atomic E-state index is 0.104. The van der Waals surface area contributed by atoms with E-state index in [1.54, 1.807) is 11.0 Å². The van der Waals surface area contributed by atoms with Crippen molar-refractivity contribution in [3.05, 3.63) is 6.33 Å². The van der Waals surface area contributed by atoms with Gasteiger partial charge in [0.05, 0.1) is 31.8 Å². The molecule has 0 bridgehead atoms. The lowest BCUT2D eigenvalue weighted by Gasteiger charge is -2.39. The summed E-state index contributed by atoms with van der Waals surface area (Å²) in [5, 5.41) is 13.1. The van der Waals surface area contributed by atoms with E-state index in [0.29, 0.717) is 19.8 Å². The first kappa shape index (κ1) is 8.46. The molecule has 0 atom stereocenters. The number of hydrogen-bond acceptors (Lipinski definition) is 5. The lowest BCUT2D eigenvalue weighted by Crippen LogP contribution is -2.48. The minimum atomic E-state index is -0.180. The molecule has 0 amide bonds. The average molecular weight is 184 g/mol. The first-order valence-corrected chi connectivity index (χ1v) is 4.08. The molecule has 72 valence electrons. The van der Waals surface area contributed by atoms with Crippen molar-refractivity contribution in [3.8, 4) is 0 Å². The number of nitrogens with zero attached hydrogens (tertiary/aromatic N) is 3. The molecule has 0 saturated carbocycles. The van der Waals surface area contributed by atoms with Crippen LogP contribution in [0.15, 0.2) is 6.33 Å². The fraction of sp³-hybridized carbons (Fsp3) is 0.714. The van der Waals surface area contributed by atoms with Crippen LogP contribution in [0.25, 0.3) is 0 Å². The van der Waals surface area contributed by atoms with Crippen LogP contribution in [0.3, 0.4) is 0 Å². The molecule has 0 spiro atoms. The molecular weight excluding hydrogens is 172 g/mol. The van der Waals surface area contributed by atoms with E-state index in [1.165, 1.54) is 0 Å². The monoisotopic (exact) mass is 184 g/mol. The second-order valence-electron chi connectivity index (χ2n) is 3.45. The number of hydrogen-bond donors (Lipinski definition) is 2. The fourth-order valence-corrected chi connectivity index (χ4v) is 1.35. The predicted molar refractivity (Wildman–Crippen MR) is 44.8 cm³/mol. The summed E-state index contributed by atoms with van der Waals surface area (Å²) in [6.45, 7) is 1.85. The second kappa shape index (κ2) is 2.97. The smallest absolute Gasteiger partial charge is 0.239 e. The van der Waals surface area contributed by atoms with Gasteiger partial charge in [0.25, 0.3) is 0 Å². The Morgan fingerprint density at radius 1 is 1.69 bits per heavy atom. The number of ether oxygens (including phenoxy) is 1. The lowest BCUT2D eigenvalue weighted by atomic mass is 9.87. The molecule has 0 aromatic carbocycles. The molecule has 0 radical (unpaired) electrons. The van der Waals surface area contributed by atoms with Crippen LogP contribution >= 0.6 is 0 Å². The molecule has 2 heterocycles. The van der Waals surface area contributed by atoms with E-state index in [1.807, 2.05) is 0 Å². The fourth-order valence-electron chi connectivity index (χ4n) is 1.35. The maximum Gasteiger partial charge on any atom is 0.239 e. The van der Waals surface area contributed by atoms with Gasteiger partial charge in [0.1, 0.15) is 6.33 Å². The van der Waals surface area contributed by atoms with Crippen molar-refractivity contribution in [2.45, 2.75) is 6.54 Å². The van der Waals surface area contributed by atoms with Gasteiger partial charge in [-0.3, -0.25) is 0 Å². The van der Waals surface area contributed by atoms with E-state index in [4.69, 9.17) is 15.6 Å². The third-order valence-electron chi connectivity index (χ3n) is 2.20. The van der Waals surface area contributed by atoms with Crippen LogP contribution in [0, 0.1) is 5.41 Å². The molecule has 1 aliphatic heterocycles. The van der Waals surface area contributed by atoms with Crippen molar-refractivity contribution in [1.29, 1.82) is 0 Å². The molecular formula is C7H12N4O2. The summed E-state index contributed by atoms with van der Waals surface area (Å²) in [4.78, 5) is 3.80. The molecule has 1 aromatic heterocycles. The molecule has 6 heteroatoms. The molecule has 1 saturated heterocycles. The summed E-state index contributed by atoms with van der Waals surface area (Å²) in [5.41, 5.74) is 5.18. The van der Waals surface area contributed by atoms with Gasteiger partial charge in [0.2, 0.25) is 5.95 Å². The van der Waals surface area contributed by atoms with Gasteiger partial charge in [-0.2, -0.15) is 0 Å². The van der Waals surface area contributed by atoms with Gasteiger partial charge in [0, 0.05) is 0 Å². The van der Waals surface area contributed by atoms with Crippen LogP contribution in [0.2, 0.25) is 0 Å². The standard InChI is InChI=1S/C7H12N4O2/c8-6-9-5-11(10-6)1-7(2-12)3-13-4-7/h5,12H,1-4H2,(H2,8,10). The van der Waals surface area contributed by atoms with Gasteiger partial charge in [-0.1, -0.05) is 0 Å². The molecule has 1 fully saturated rings. The van der Waals surface area contributed by atoms with E-state index in [-0.39, 0.29) is 18.0 Å². The van der Waals surface area contributed by atoms with Gasteiger partial charge in [-0.25, -0.2) is 9.67 Å². The van der Waals surface area contributed by atoms with Crippen molar-refractivity contribution in [2.75, 3.05) is 25.6 Å². The summed E-state index contributed by atoms with van der Waals surface area (Å²) in [5.74, 6) is 0.258. The Kier molecular flexibility index (Phi) is 1.93. The average Bonchev–Trinajstić information content (AvgIpc) is 2.44. The Morgan fingerprint density at radius 2 is 2.46 bits per heavy atom. The Hall–Kier alpha value is -1.14. The zero-order chi connectivity index (χ0) is 9.31. The van der Waals surface area contributed by atoms with Crippen molar-refractivity contribution in [3.63, 3.8) is 0 Å². The van der Waals surface area contributed by atoms with Gasteiger partial charge in [-0.15, -0.1) is 5.10 Å². The van der Waals surface area contributed by atoms with Crippen LogP contribution < -0.4 is 5.73 Å². The zero-order valence-corrected chi connectivity index (χ0v) is 7.18. The minimum Gasteiger partial charge on any atom is -0.396 e. The summed E-state index contributed by atoms with van der Waals surface area (Å²) in [6.07, 6.45) is 1.56. The number of aromatic nitrogens is 3. The van der Waals surface area contributed by atoms with Crippen LogP contribution in [-0.4, -0.2) is 39.7 Å². The Morgan fingerprint density at radius 3 is 2.85 bits per heavy atom. The van der Waals surface area contributed by atoms with Gasteiger partial charge >= 0.3 is 0 Å². The van der Waals surface area contributed by atoms with Crippen LogP contribution in [-0.2, 0) is 11.3 Å². The SMILES string of the molecule is Nc1ncn(CC2(CO)COC2)n1. The highest BCUT2D eigenvalue weighted by Gasteiger charge is 2.38. The third-order valence-corrected chi connectivity index (χ3v) is 2.20. The van der Waals surface area contributed by atoms with Crippen LogP contribution in [0.1, 0.15) is 0 Å². The molecule has 0 aliphatic carbocycles. The van der Waals surface area contributed by atoms with E-state index < -0.39 is 0 Å². The molecule has 2 rings (SSSR count). The highest BCUT2D eigenvalue weighted by atomic mass is 16.5. The maximum atomic E-state index is 9.13. The zero-order valence-electron chi connectivity index (χ0n) is 7.18. The molecule has 3 N–H and O–H groups in total. The van der Waals surface area contributed by atoms with Gasteiger partial charge in [-0.05, 0) is 0 Å². The topological polar surface area (TPSA) is 86.2 Å². The van der Waals surface area contributed by atoms with Crippen molar-refractivity contribution < 1.29 is 9.84 Å². The molecule has 0 unspecified atom stereocenters. The highest BCUT2D eigenvalue weighted by molar-refractivity contribution is 5.09. The van der Waals surface area contributed by atoms with Crippen molar-refractivity contribution in [2.24, 2.45) is 5.41 Å². The number of anilines is 1. The number of nitrogens with two attached hydrogens (primary N) is 1. The number of nitrogen functional groups attached to an aromatic ring is 1. The number of aliphatic hydroxyl groups is 1. The normalized spacial score (nSPS) is 19.8. The quantitative estimate of drug-likeness (QED) is 0.620. The largest absolute Gasteiger partial charge is 0.396 e. The molecule has 13 heavy (non-hydrogen) atoms. The summed E-state index contributed by atoms with van der Waals surface area (Å²) >= 11 is 0. The van der Waals surface area contributed by atoms with Crippen molar-refractivity contribution in [1.82, 2.24) is 14.8 Å². The van der Waals surface area contributed by atoms with Crippen LogP contribution in [0.4, 0.5) is 5.95 Å². The van der Waals surface area contributed by atoms with Crippen molar-refractivity contribution >= 4 is 5.95 Å². The second-order valence-corrected chi connectivity index (χ2v) is 3.45. The first-order valence-electron chi connectivity index (χ1n) is 4.08. The summed E-state index contributed by atoms with van der Waals surface area (Å²) in [6, 6.07) is 0. The van der Waals surface area contributed by atoms with Gasteiger partial charge < -0.3 is 15.6 Å². The number of rotatable bonds is 3. The molecule has 1 aromatic rings. The van der Waals surface area contributed by atoms with E-state index >= 15 is 0 Å². The highest BCUT2D eigenvalue weighted by Crippen LogP contribution is 2.28. The lowest BCUT2D eigenvalue weighted by molar-refractivity contribution is -0.146. The van der Waals surface area contributed by atoms with E-state index in [2.05, 4.69) is 10.1 Å².